The number of nitriles is 1. The molecule has 1 heterocycles. The fourth-order valence-electron chi connectivity index (χ4n) is 3.67. The summed E-state index contributed by atoms with van der Waals surface area (Å²) >= 11 is 0. The first-order valence-corrected chi connectivity index (χ1v) is 7.51. The zero-order chi connectivity index (χ0) is 14.9. The summed E-state index contributed by atoms with van der Waals surface area (Å²) in [6.07, 6.45) is 4.79. The minimum Gasteiger partial charge on any atom is -0.381 e. The van der Waals surface area contributed by atoms with Crippen molar-refractivity contribution in [2.45, 2.75) is 31.8 Å². The van der Waals surface area contributed by atoms with Crippen molar-refractivity contribution in [3.8, 4) is 6.07 Å². The highest BCUT2D eigenvalue weighted by molar-refractivity contribution is 5.94. The average molecular weight is 284 g/mol. The predicted octanol–water partition coefficient (Wildman–Crippen LogP) is 2.59. The lowest BCUT2D eigenvalue weighted by atomic mass is 9.60. The standard InChI is InChI=1S/C17H20N2O2/c1-21-15-5-6-17(15)7-9-19(10-8-17)16(20)14-4-2-3-13(11-14)12-18/h2-4,11,15H,5-10H2,1H3. The minimum atomic E-state index is 0.0373. The number of amides is 1. The van der Waals surface area contributed by atoms with Crippen LogP contribution in [-0.2, 0) is 4.74 Å². The molecule has 1 amide bonds. The van der Waals surface area contributed by atoms with E-state index in [-0.39, 0.29) is 5.91 Å². The van der Waals surface area contributed by atoms with Crippen LogP contribution in [-0.4, -0.2) is 37.1 Å². The van der Waals surface area contributed by atoms with E-state index in [0.717, 1.165) is 32.4 Å². The van der Waals surface area contributed by atoms with Gasteiger partial charge in [0.25, 0.3) is 5.91 Å². The van der Waals surface area contributed by atoms with Gasteiger partial charge in [0.15, 0.2) is 0 Å². The Kier molecular flexibility index (Phi) is 3.69. The van der Waals surface area contributed by atoms with E-state index in [0.29, 0.717) is 22.6 Å². The third-order valence-electron chi connectivity index (χ3n) is 5.16. The molecule has 4 nitrogen and oxygen atoms in total. The summed E-state index contributed by atoms with van der Waals surface area (Å²) in [7, 11) is 1.79. The molecular formula is C17H20N2O2. The van der Waals surface area contributed by atoms with Gasteiger partial charge in [-0.15, -0.1) is 0 Å². The Balaban J connectivity index is 1.67. The SMILES string of the molecule is COC1CCC12CCN(C(=O)c1cccc(C#N)c1)CC2. The molecule has 1 saturated heterocycles. The summed E-state index contributed by atoms with van der Waals surface area (Å²) in [5, 5.41) is 8.93. The summed E-state index contributed by atoms with van der Waals surface area (Å²) < 4.78 is 5.55. The van der Waals surface area contributed by atoms with E-state index in [1.807, 2.05) is 4.90 Å². The highest BCUT2D eigenvalue weighted by Crippen LogP contribution is 2.50. The number of ether oxygens (including phenoxy) is 1. The first-order valence-electron chi connectivity index (χ1n) is 7.51. The first kappa shape index (κ1) is 14.1. The number of hydrogen-bond acceptors (Lipinski definition) is 3. The molecule has 1 aliphatic carbocycles. The maximum absolute atomic E-state index is 12.5. The van der Waals surface area contributed by atoms with Crippen LogP contribution in [0.15, 0.2) is 24.3 Å². The number of benzene rings is 1. The maximum atomic E-state index is 12.5. The highest BCUT2D eigenvalue weighted by atomic mass is 16.5. The third kappa shape index (κ3) is 2.43. The molecule has 0 radical (unpaired) electrons. The summed E-state index contributed by atoms with van der Waals surface area (Å²) in [5.74, 6) is 0.0373. The summed E-state index contributed by atoms with van der Waals surface area (Å²) in [6.45, 7) is 1.57. The number of rotatable bonds is 2. The summed E-state index contributed by atoms with van der Waals surface area (Å²) in [5.41, 5.74) is 1.45. The van der Waals surface area contributed by atoms with Crippen molar-refractivity contribution in [2.75, 3.05) is 20.2 Å². The summed E-state index contributed by atoms with van der Waals surface area (Å²) in [4.78, 5) is 14.4. The van der Waals surface area contributed by atoms with E-state index in [1.165, 1.54) is 6.42 Å². The molecule has 1 aliphatic heterocycles. The van der Waals surface area contributed by atoms with Crippen molar-refractivity contribution in [2.24, 2.45) is 5.41 Å². The van der Waals surface area contributed by atoms with Crippen LogP contribution in [0.4, 0.5) is 0 Å². The zero-order valence-corrected chi connectivity index (χ0v) is 12.3. The highest BCUT2D eigenvalue weighted by Gasteiger charge is 2.48. The van der Waals surface area contributed by atoms with Gasteiger partial charge in [-0.3, -0.25) is 4.79 Å². The van der Waals surface area contributed by atoms with Crippen LogP contribution in [0.3, 0.4) is 0 Å². The molecule has 0 N–H and O–H groups in total. The molecule has 1 aromatic rings. The number of carbonyl (C=O) groups is 1. The van der Waals surface area contributed by atoms with Gasteiger partial charge in [-0.25, -0.2) is 0 Å². The zero-order valence-electron chi connectivity index (χ0n) is 12.3. The first-order chi connectivity index (χ1) is 10.2. The Bertz CT molecular complexity index is 581. The number of nitrogens with zero attached hydrogens (tertiary/aromatic N) is 2. The molecule has 1 aromatic carbocycles. The van der Waals surface area contributed by atoms with Crippen LogP contribution in [0.2, 0.25) is 0 Å². The smallest absolute Gasteiger partial charge is 0.253 e. The van der Waals surface area contributed by atoms with E-state index < -0.39 is 0 Å². The van der Waals surface area contributed by atoms with E-state index in [2.05, 4.69) is 6.07 Å². The second kappa shape index (κ2) is 5.50. The molecule has 4 heteroatoms. The minimum absolute atomic E-state index is 0.0373. The van der Waals surface area contributed by atoms with Crippen LogP contribution in [0.1, 0.15) is 41.6 Å². The molecule has 1 atom stereocenters. The van der Waals surface area contributed by atoms with Crippen molar-refractivity contribution < 1.29 is 9.53 Å². The van der Waals surface area contributed by atoms with Gasteiger partial charge in [0, 0.05) is 31.2 Å². The normalized spacial score (nSPS) is 23.4. The van der Waals surface area contributed by atoms with E-state index >= 15 is 0 Å². The largest absolute Gasteiger partial charge is 0.381 e. The molecule has 0 bridgehead atoms. The van der Waals surface area contributed by atoms with Gasteiger partial charge in [-0.1, -0.05) is 6.07 Å². The number of likely N-dealkylation sites (tertiary alicyclic amines) is 1. The number of methoxy groups -OCH3 is 1. The van der Waals surface area contributed by atoms with Crippen LogP contribution in [0, 0.1) is 16.7 Å². The summed E-state index contributed by atoms with van der Waals surface area (Å²) in [6, 6.07) is 9.03. The lowest BCUT2D eigenvalue weighted by Crippen LogP contribution is -2.53. The van der Waals surface area contributed by atoms with E-state index in [1.54, 1.807) is 31.4 Å². The Morgan fingerprint density at radius 1 is 1.38 bits per heavy atom. The Hall–Kier alpha value is -1.86. The Morgan fingerprint density at radius 2 is 2.14 bits per heavy atom. The third-order valence-corrected chi connectivity index (χ3v) is 5.16. The van der Waals surface area contributed by atoms with Gasteiger partial charge < -0.3 is 9.64 Å². The molecule has 0 aromatic heterocycles. The van der Waals surface area contributed by atoms with E-state index in [9.17, 15) is 4.79 Å². The molecule has 3 rings (SSSR count). The lowest BCUT2D eigenvalue weighted by molar-refractivity contribution is -0.116. The van der Waals surface area contributed by atoms with Crippen molar-refractivity contribution >= 4 is 5.91 Å². The average Bonchev–Trinajstić information content (AvgIpc) is 2.54. The molecule has 2 aliphatic rings. The number of hydrogen-bond donors (Lipinski definition) is 0. The van der Waals surface area contributed by atoms with Crippen molar-refractivity contribution in [3.63, 3.8) is 0 Å². The van der Waals surface area contributed by atoms with E-state index in [4.69, 9.17) is 10.00 Å². The van der Waals surface area contributed by atoms with Crippen LogP contribution in [0.5, 0.6) is 0 Å². The van der Waals surface area contributed by atoms with Crippen LogP contribution in [0.25, 0.3) is 0 Å². The molecule has 110 valence electrons. The second-order valence-electron chi connectivity index (χ2n) is 6.11. The predicted molar refractivity (Wildman–Crippen MR) is 78.8 cm³/mol. The van der Waals surface area contributed by atoms with Gasteiger partial charge in [0.1, 0.15) is 0 Å². The fourth-order valence-corrected chi connectivity index (χ4v) is 3.67. The topological polar surface area (TPSA) is 53.3 Å². The second-order valence-corrected chi connectivity index (χ2v) is 6.11. The Labute approximate surface area is 125 Å². The van der Waals surface area contributed by atoms with Crippen molar-refractivity contribution in [1.29, 1.82) is 5.26 Å². The molecular weight excluding hydrogens is 264 g/mol. The number of piperidine rings is 1. The number of carbonyl (C=O) groups excluding carboxylic acids is 1. The van der Waals surface area contributed by atoms with Crippen LogP contribution >= 0.6 is 0 Å². The molecule has 1 spiro atoms. The molecule has 21 heavy (non-hydrogen) atoms. The maximum Gasteiger partial charge on any atom is 0.253 e. The molecule has 1 saturated carbocycles. The van der Waals surface area contributed by atoms with Gasteiger partial charge in [-0.05, 0) is 43.9 Å². The van der Waals surface area contributed by atoms with Gasteiger partial charge in [0.05, 0.1) is 17.7 Å². The fraction of sp³-hybridized carbons (Fsp3) is 0.529. The lowest BCUT2D eigenvalue weighted by Gasteiger charge is -2.53. The molecule has 1 unspecified atom stereocenters. The van der Waals surface area contributed by atoms with Crippen molar-refractivity contribution in [3.05, 3.63) is 35.4 Å². The molecule has 2 fully saturated rings. The van der Waals surface area contributed by atoms with Crippen LogP contribution < -0.4 is 0 Å². The van der Waals surface area contributed by atoms with Gasteiger partial charge >= 0.3 is 0 Å². The van der Waals surface area contributed by atoms with Gasteiger partial charge in [-0.2, -0.15) is 5.26 Å². The monoisotopic (exact) mass is 284 g/mol. The van der Waals surface area contributed by atoms with Gasteiger partial charge in [0.2, 0.25) is 0 Å². The van der Waals surface area contributed by atoms with Crippen molar-refractivity contribution in [1.82, 2.24) is 4.90 Å². The quantitative estimate of drug-likeness (QED) is 0.838. The Morgan fingerprint density at radius 3 is 2.71 bits per heavy atom.